The van der Waals surface area contributed by atoms with Crippen LogP contribution in [0, 0.1) is 20.0 Å². The zero-order valence-electron chi connectivity index (χ0n) is 16.0. The molecular formula is C18H22CrO9. The van der Waals surface area contributed by atoms with Crippen molar-refractivity contribution < 1.29 is 59.7 Å². The van der Waals surface area contributed by atoms with E-state index < -0.39 is 6.29 Å². The molecule has 9 nitrogen and oxygen atoms in total. The van der Waals surface area contributed by atoms with Gasteiger partial charge in [-0.15, -0.1) is 0 Å². The predicted octanol–water partition coefficient (Wildman–Crippen LogP) is 2.05. The summed E-state index contributed by atoms with van der Waals surface area (Å²) in [6.45, 7) is 14.7. The molecule has 0 unspecified atom stereocenters. The van der Waals surface area contributed by atoms with Crippen molar-refractivity contribution in [1.29, 1.82) is 0 Å². The molecule has 0 N–H and O–H groups in total. The molecule has 0 aromatic heterocycles. The Hall–Kier alpha value is -1.75. The van der Waals surface area contributed by atoms with Gasteiger partial charge in [0, 0.05) is 30.0 Å². The summed E-state index contributed by atoms with van der Waals surface area (Å²) in [6, 6.07) is 3.67. The van der Waals surface area contributed by atoms with E-state index in [0.29, 0.717) is 30.5 Å². The van der Waals surface area contributed by atoms with Crippen molar-refractivity contribution in [3.8, 4) is 17.2 Å². The van der Waals surface area contributed by atoms with Crippen molar-refractivity contribution in [3.63, 3.8) is 0 Å². The Kier molecular flexibility index (Phi) is 22.1. The maximum atomic E-state index is 7.50. The molecule has 0 aliphatic carbocycles. The summed E-state index contributed by atoms with van der Waals surface area (Å²) in [4.78, 5) is 0. The van der Waals surface area contributed by atoms with Crippen LogP contribution in [0.4, 0.5) is 0 Å². The molecule has 154 valence electrons. The normalized spacial score (nSPS) is 16.6. The van der Waals surface area contributed by atoms with Crippen LogP contribution in [-0.2, 0) is 45.5 Å². The van der Waals surface area contributed by atoms with Crippen molar-refractivity contribution in [2.45, 2.75) is 18.8 Å². The smallest absolute Gasteiger partial charge is 0 e. The van der Waals surface area contributed by atoms with Crippen LogP contribution >= 0.6 is 0 Å². The van der Waals surface area contributed by atoms with E-state index in [4.69, 9.17) is 42.4 Å². The molecule has 1 fully saturated rings. The number of methoxy groups -OCH3 is 4. The molecule has 1 heterocycles. The summed E-state index contributed by atoms with van der Waals surface area (Å²) >= 11 is 0. The molecule has 0 radical (unpaired) electrons. The fourth-order valence-electron chi connectivity index (χ4n) is 2.31. The van der Waals surface area contributed by atoms with Gasteiger partial charge in [-0.3, -0.25) is 0 Å². The van der Waals surface area contributed by atoms with Gasteiger partial charge in [-0.1, -0.05) is 0 Å². The van der Waals surface area contributed by atoms with Crippen molar-refractivity contribution in [2.75, 3.05) is 41.7 Å². The van der Waals surface area contributed by atoms with E-state index in [1.807, 2.05) is 12.1 Å². The average molecular weight is 434 g/mol. The monoisotopic (exact) mass is 434 g/mol. The second-order valence-corrected chi connectivity index (χ2v) is 4.66. The van der Waals surface area contributed by atoms with Crippen molar-refractivity contribution >= 4 is 0 Å². The number of hydrogen-bond acceptors (Lipinski definition) is 6. The zero-order chi connectivity index (χ0) is 21.2. The maximum Gasteiger partial charge on any atom is 0 e. The van der Waals surface area contributed by atoms with E-state index >= 15 is 0 Å². The SMILES string of the molecule is COC[C@@H]1CCO[C@H](c2cc(OC)c(OC)c(OC)c2)O1.[C-]#[O+].[C-]#[O+].[C-]#[O+].[Cr]. The van der Waals surface area contributed by atoms with E-state index in [9.17, 15) is 0 Å². The van der Waals surface area contributed by atoms with E-state index in [-0.39, 0.29) is 23.5 Å². The Balaban J connectivity index is -0.000000815. The van der Waals surface area contributed by atoms with Gasteiger partial charge >= 0.3 is 33.9 Å². The average Bonchev–Trinajstić information content (AvgIpc) is 2.77. The summed E-state index contributed by atoms with van der Waals surface area (Å²) in [5, 5.41) is 0. The third-order valence-corrected chi connectivity index (χ3v) is 3.34. The third-order valence-electron chi connectivity index (χ3n) is 3.34. The van der Waals surface area contributed by atoms with Crippen LogP contribution in [0.5, 0.6) is 17.2 Å². The van der Waals surface area contributed by atoms with Gasteiger partial charge < -0.3 is 28.4 Å². The van der Waals surface area contributed by atoms with Crippen LogP contribution in [0.15, 0.2) is 12.1 Å². The molecule has 28 heavy (non-hydrogen) atoms. The molecule has 1 aliphatic heterocycles. The molecule has 0 bridgehead atoms. The minimum atomic E-state index is -0.465. The maximum absolute atomic E-state index is 7.50. The largest absolute Gasteiger partial charge is 0 e. The quantitative estimate of drug-likeness (QED) is 0.500. The topological polar surface area (TPSA) is 115 Å². The first kappa shape index (κ1) is 31.0. The summed E-state index contributed by atoms with van der Waals surface area (Å²) < 4.78 is 55.2. The Bertz CT molecular complexity index is 545. The van der Waals surface area contributed by atoms with Crippen LogP contribution in [0.3, 0.4) is 0 Å². The second-order valence-electron chi connectivity index (χ2n) is 4.66. The van der Waals surface area contributed by atoms with Crippen molar-refractivity contribution in [2.24, 2.45) is 0 Å². The van der Waals surface area contributed by atoms with Crippen LogP contribution in [0.25, 0.3) is 0 Å². The fourth-order valence-corrected chi connectivity index (χ4v) is 2.31. The van der Waals surface area contributed by atoms with Gasteiger partial charge in [-0.2, -0.15) is 0 Å². The summed E-state index contributed by atoms with van der Waals surface area (Å²) in [5.74, 6) is 1.70. The molecule has 2 atom stereocenters. The third kappa shape index (κ3) is 9.45. The van der Waals surface area contributed by atoms with Gasteiger partial charge in [-0.25, -0.2) is 0 Å². The fraction of sp³-hybridized carbons (Fsp3) is 0.500. The number of ether oxygens (including phenoxy) is 6. The molecule has 1 saturated heterocycles. The summed E-state index contributed by atoms with van der Waals surface area (Å²) in [7, 11) is 6.39. The molecule has 1 aliphatic rings. The Labute approximate surface area is 175 Å². The van der Waals surface area contributed by atoms with Crippen molar-refractivity contribution in [1.82, 2.24) is 0 Å². The second kappa shape index (κ2) is 20.0. The summed E-state index contributed by atoms with van der Waals surface area (Å²) in [6.07, 6.45) is 0.370. The first-order chi connectivity index (χ1) is 13.2. The summed E-state index contributed by atoms with van der Waals surface area (Å²) in [5.41, 5.74) is 0.824. The standard InChI is InChI=1S/C15H22O6.3CO.Cr/c1-16-9-11-5-6-20-15(21-11)10-7-12(17-2)14(19-4)13(8-10)18-3;3*1-2;/h7-8,11,15H,5-6,9H2,1-4H3;;;;/t11-,15-;;;;/m0..../s1. The molecule has 2 rings (SSSR count). The van der Waals surface area contributed by atoms with E-state index in [1.54, 1.807) is 28.4 Å². The molecule has 1 aromatic carbocycles. The molecule has 0 amide bonds. The minimum absolute atomic E-state index is 0. The van der Waals surface area contributed by atoms with Gasteiger partial charge in [-0.05, 0) is 18.6 Å². The minimum Gasteiger partial charge on any atom is 0 e. The molecule has 10 heteroatoms. The zero-order valence-corrected chi connectivity index (χ0v) is 17.3. The molecule has 0 spiro atoms. The van der Waals surface area contributed by atoms with Crippen LogP contribution in [-0.4, -0.2) is 47.8 Å². The van der Waals surface area contributed by atoms with E-state index in [0.717, 1.165) is 12.0 Å². The van der Waals surface area contributed by atoms with Gasteiger partial charge in [0.25, 0.3) is 0 Å². The van der Waals surface area contributed by atoms with Crippen molar-refractivity contribution in [3.05, 3.63) is 37.6 Å². The first-order valence-corrected chi connectivity index (χ1v) is 7.40. The van der Waals surface area contributed by atoms with Gasteiger partial charge in [0.2, 0.25) is 5.75 Å². The van der Waals surface area contributed by atoms with Crippen LogP contribution in [0.2, 0.25) is 0 Å². The predicted molar refractivity (Wildman–Crippen MR) is 87.9 cm³/mol. The van der Waals surface area contributed by atoms with Crippen LogP contribution in [0.1, 0.15) is 18.3 Å². The van der Waals surface area contributed by atoms with Gasteiger partial charge in [0.05, 0.1) is 40.6 Å². The number of benzene rings is 1. The molecule has 0 saturated carbocycles. The molecular weight excluding hydrogens is 412 g/mol. The Morgan fingerprint density at radius 1 is 0.929 bits per heavy atom. The Morgan fingerprint density at radius 3 is 1.82 bits per heavy atom. The van der Waals surface area contributed by atoms with E-state index in [2.05, 4.69) is 20.0 Å². The first-order valence-electron chi connectivity index (χ1n) is 7.40. The van der Waals surface area contributed by atoms with Gasteiger partial charge in [0.15, 0.2) is 17.8 Å². The van der Waals surface area contributed by atoms with Crippen LogP contribution < -0.4 is 14.2 Å². The number of hydrogen-bond donors (Lipinski definition) is 0. The molecule has 1 aromatic rings. The van der Waals surface area contributed by atoms with Gasteiger partial charge in [0.1, 0.15) is 0 Å². The van der Waals surface area contributed by atoms with E-state index in [1.165, 1.54) is 0 Å². The Morgan fingerprint density at radius 2 is 1.43 bits per heavy atom. The number of rotatable bonds is 6.